The Morgan fingerprint density at radius 2 is 2.25 bits per heavy atom. The van der Waals surface area contributed by atoms with Crippen molar-refractivity contribution >= 4 is 5.91 Å². The zero-order valence-electron chi connectivity index (χ0n) is 8.05. The van der Waals surface area contributed by atoms with E-state index in [1.165, 1.54) is 0 Å². The Labute approximate surface area is 74.0 Å². The monoisotopic (exact) mass is 170 g/mol. The predicted molar refractivity (Wildman–Crippen MR) is 50.7 cm³/mol. The van der Waals surface area contributed by atoms with E-state index in [-0.39, 0.29) is 11.9 Å². The van der Waals surface area contributed by atoms with Gasteiger partial charge < -0.3 is 11.1 Å². The van der Waals surface area contributed by atoms with Crippen molar-refractivity contribution in [1.29, 1.82) is 0 Å². The molecule has 0 aliphatic carbocycles. The zero-order chi connectivity index (χ0) is 9.56. The number of rotatable bonds is 5. The molecule has 0 saturated heterocycles. The first-order valence-electron chi connectivity index (χ1n) is 4.29. The van der Waals surface area contributed by atoms with Crippen molar-refractivity contribution in [3.8, 4) is 0 Å². The Kier molecular flexibility index (Phi) is 5.37. The Morgan fingerprint density at radius 3 is 2.67 bits per heavy atom. The van der Waals surface area contributed by atoms with Gasteiger partial charge in [-0.3, -0.25) is 4.79 Å². The molecule has 12 heavy (non-hydrogen) atoms. The van der Waals surface area contributed by atoms with Gasteiger partial charge in [-0.05, 0) is 26.8 Å². The van der Waals surface area contributed by atoms with Crippen molar-refractivity contribution in [3.63, 3.8) is 0 Å². The van der Waals surface area contributed by atoms with Gasteiger partial charge in [0.25, 0.3) is 0 Å². The van der Waals surface area contributed by atoms with Crippen LogP contribution in [0.2, 0.25) is 0 Å². The molecule has 0 saturated carbocycles. The summed E-state index contributed by atoms with van der Waals surface area (Å²) in [6.45, 7) is 6.79. The normalized spacial score (nSPS) is 14.4. The number of nitrogens with one attached hydrogen (secondary N) is 1. The molecule has 70 valence electrons. The molecule has 0 radical (unpaired) electrons. The van der Waals surface area contributed by atoms with Gasteiger partial charge in [-0.1, -0.05) is 13.0 Å². The van der Waals surface area contributed by atoms with Crippen molar-refractivity contribution in [1.82, 2.24) is 5.32 Å². The van der Waals surface area contributed by atoms with Gasteiger partial charge in [-0.2, -0.15) is 0 Å². The fourth-order valence-corrected chi connectivity index (χ4v) is 0.888. The first kappa shape index (κ1) is 11.2. The molecule has 0 aromatic rings. The maximum absolute atomic E-state index is 10.6. The molecule has 0 aliphatic heterocycles. The van der Waals surface area contributed by atoms with E-state index in [0.29, 0.717) is 5.57 Å². The number of hydrogen-bond donors (Lipinski definition) is 2. The lowest BCUT2D eigenvalue weighted by atomic mass is 10.2. The van der Waals surface area contributed by atoms with Gasteiger partial charge in [0.15, 0.2) is 0 Å². The van der Waals surface area contributed by atoms with Crippen LogP contribution in [-0.2, 0) is 4.79 Å². The summed E-state index contributed by atoms with van der Waals surface area (Å²) in [6.07, 6.45) is 2.94. The van der Waals surface area contributed by atoms with E-state index >= 15 is 0 Å². The second-order valence-corrected chi connectivity index (χ2v) is 2.96. The lowest BCUT2D eigenvalue weighted by Gasteiger charge is -2.08. The summed E-state index contributed by atoms with van der Waals surface area (Å²) in [7, 11) is 0. The second-order valence-electron chi connectivity index (χ2n) is 2.96. The summed E-state index contributed by atoms with van der Waals surface area (Å²) in [5.41, 5.74) is 5.69. The molecule has 0 aromatic carbocycles. The molecule has 3 N–H and O–H groups in total. The molecule has 3 heteroatoms. The molecule has 0 aromatic heterocycles. The van der Waals surface area contributed by atoms with Crippen LogP contribution in [0.5, 0.6) is 0 Å². The Bertz CT molecular complexity index is 175. The zero-order valence-corrected chi connectivity index (χ0v) is 8.05. The van der Waals surface area contributed by atoms with Crippen LogP contribution in [0.3, 0.4) is 0 Å². The van der Waals surface area contributed by atoms with Crippen LogP contribution in [0.1, 0.15) is 27.2 Å². The summed E-state index contributed by atoms with van der Waals surface area (Å²) >= 11 is 0. The third kappa shape index (κ3) is 4.91. The number of nitrogens with two attached hydrogens (primary N) is 1. The van der Waals surface area contributed by atoms with E-state index in [9.17, 15) is 4.79 Å². The van der Waals surface area contributed by atoms with Crippen molar-refractivity contribution in [3.05, 3.63) is 11.6 Å². The highest BCUT2D eigenvalue weighted by atomic mass is 16.1. The molecule has 0 spiro atoms. The van der Waals surface area contributed by atoms with Crippen LogP contribution in [0.25, 0.3) is 0 Å². The third-order valence-corrected chi connectivity index (χ3v) is 1.60. The van der Waals surface area contributed by atoms with E-state index < -0.39 is 0 Å². The van der Waals surface area contributed by atoms with Crippen LogP contribution in [0, 0.1) is 0 Å². The summed E-state index contributed by atoms with van der Waals surface area (Å²) < 4.78 is 0. The molecule has 1 atom stereocenters. The Balaban J connectivity index is 3.87. The molecule has 1 unspecified atom stereocenters. The molecule has 1 amide bonds. The van der Waals surface area contributed by atoms with Gasteiger partial charge in [0, 0.05) is 11.6 Å². The minimum Gasteiger partial charge on any atom is -0.366 e. The van der Waals surface area contributed by atoms with Crippen LogP contribution in [0.15, 0.2) is 11.6 Å². The molecular formula is C9H18N2O. The van der Waals surface area contributed by atoms with E-state index in [2.05, 4.69) is 12.2 Å². The van der Waals surface area contributed by atoms with Crippen LogP contribution < -0.4 is 11.1 Å². The molecule has 0 aliphatic rings. The van der Waals surface area contributed by atoms with Crippen molar-refractivity contribution in [2.45, 2.75) is 33.2 Å². The van der Waals surface area contributed by atoms with Crippen LogP contribution in [-0.4, -0.2) is 18.5 Å². The smallest absolute Gasteiger partial charge is 0.244 e. The van der Waals surface area contributed by atoms with E-state index in [0.717, 1.165) is 13.0 Å². The highest BCUT2D eigenvalue weighted by Crippen LogP contribution is 1.94. The number of amides is 1. The lowest BCUT2D eigenvalue weighted by molar-refractivity contribution is -0.114. The fraction of sp³-hybridized carbons (Fsp3) is 0.667. The Hall–Kier alpha value is -0.830. The quantitative estimate of drug-likeness (QED) is 0.600. The predicted octanol–water partition coefficient (Wildman–Crippen LogP) is 0.806. The van der Waals surface area contributed by atoms with Gasteiger partial charge in [-0.25, -0.2) is 0 Å². The Morgan fingerprint density at radius 1 is 1.67 bits per heavy atom. The SMILES string of the molecule is CCCNC(C)/C=C(/C)C(N)=O. The van der Waals surface area contributed by atoms with Crippen molar-refractivity contribution in [2.24, 2.45) is 5.73 Å². The van der Waals surface area contributed by atoms with E-state index in [1.54, 1.807) is 6.92 Å². The van der Waals surface area contributed by atoms with Gasteiger partial charge in [0.2, 0.25) is 5.91 Å². The number of hydrogen-bond acceptors (Lipinski definition) is 2. The first-order chi connectivity index (χ1) is 5.57. The highest BCUT2D eigenvalue weighted by molar-refractivity contribution is 5.91. The van der Waals surface area contributed by atoms with Crippen LogP contribution >= 0.6 is 0 Å². The topological polar surface area (TPSA) is 55.1 Å². The number of primary amides is 1. The van der Waals surface area contributed by atoms with E-state index in [4.69, 9.17) is 5.73 Å². The summed E-state index contributed by atoms with van der Waals surface area (Å²) in [6, 6.07) is 0.220. The minimum absolute atomic E-state index is 0.220. The molecular weight excluding hydrogens is 152 g/mol. The molecule has 0 fully saturated rings. The molecule has 0 heterocycles. The molecule has 0 bridgehead atoms. The fourth-order valence-electron chi connectivity index (χ4n) is 0.888. The first-order valence-corrected chi connectivity index (χ1v) is 4.29. The number of carbonyl (C=O) groups excluding carboxylic acids is 1. The average molecular weight is 170 g/mol. The van der Waals surface area contributed by atoms with Gasteiger partial charge in [-0.15, -0.1) is 0 Å². The minimum atomic E-state index is -0.347. The molecule has 0 rings (SSSR count). The summed E-state index contributed by atoms with van der Waals surface area (Å²) in [5, 5.41) is 3.23. The lowest BCUT2D eigenvalue weighted by Crippen LogP contribution is -2.26. The highest BCUT2D eigenvalue weighted by Gasteiger charge is 2.00. The van der Waals surface area contributed by atoms with Crippen molar-refractivity contribution < 1.29 is 4.79 Å². The van der Waals surface area contributed by atoms with Gasteiger partial charge in [0.05, 0.1) is 0 Å². The van der Waals surface area contributed by atoms with Gasteiger partial charge >= 0.3 is 0 Å². The maximum atomic E-state index is 10.6. The summed E-state index contributed by atoms with van der Waals surface area (Å²) in [4.78, 5) is 10.6. The standard InChI is InChI=1S/C9H18N2O/c1-4-5-11-8(3)6-7(2)9(10)12/h6,8,11H,4-5H2,1-3H3,(H2,10,12)/b7-6-. The average Bonchev–Trinajstić information content (AvgIpc) is 2.00. The van der Waals surface area contributed by atoms with Gasteiger partial charge in [0.1, 0.15) is 0 Å². The van der Waals surface area contributed by atoms with Crippen molar-refractivity contribution in [2.75, 3.05) is 6.54 Å². The van der Waals surface area contributed by atoms with Crippen LogP contribution in [0.4, 0.5) is 0 Å². The largest absolute Gasteiger partial charge is 0.366 e. The molecule has 3 nitrogen and oxygen atoms in total. The van der Waals surface area contributed by atoms with E-state index in [1.807, 2.05) is 13.0 Å². The second kappa shape index (κ2) is 5.77. The third-order valence-electron chi connectivity index (χ3n) is 1.60. The number of carbonyl (C=O) groups is 1. The summed E-state index contributed by atoms with van der Waals surface area (Å²) in [5.74, 6) is -0.347. The maximum Gasteiger partial charge on any atom is 0.244 e.